The van der Waals surface area contributed by atoms with Crippen molar-refractivity contribution in [1.82, 2.24) is 0 Å². The zero-order valence-corrected chi connectivity index (χ0v) is 10.1. The van der Waals surface area contributed by atoms with Gasteiger partial charge in [-0.1, -0.05) is 42.5 Å². The monoisotopic (exact) mass is 240 g/mol. The normalized spacial score (nSPS) is 17.8. The summed E-state index contributed by atoms with van der Waals surface area (Å²) >= 11 is 1.81. The average Bonchev–Trinajstić information content (AvgIpc) is 2.55. The Bertz CT molecular complexity index is 515. The first-order valence-corrected chi connectivity index (χ1v) is 6.63. The van der Waals surface area contributed by atoms with Crippen molar-refractivity contribution in [1.29, 1.82) is 0 Å². The summed E-state index contributed by atoms with van der Waals surface area (Å²) in [6, 6.07) is 16.4. The summed E-state index contributed by atoms with van der Waals surface area (Å²) in [4.78, 5) is 12.7. The van der Waals surface area contributed by atoms with Crippen LogP contribution in [0.5, 0.6) is 0 Å². The minimum atomic E-state index is -0.114. The van der Waals surface area contributed by atoms with Gasteiger partial charge in [0, 0.05) is 10.6 Å². The molecule has 1 atom stereocenters. The summed E-state index contributed by atoms with van der Waals surface area (Å²) in [7, 11) is 0. The standard InChI is InChI=1S/C15H12OS/c16-9-14-12-6-2-1-5-11(12)10-17-15-8-4-3-7-13(14)15/h1-9,14H,10H2. The molecule has 84 valence electrons. The summed E-state index contributed by atoms with van der Waals surface area (Å²) < 4.78 is 0. The van der Waals surface area contributed by atoms with E-state index in [0.717, 1.165) is 23.2 Å². The third-order valence-corrected chi connectivity index (χ3v) is 4.30. The number of aldehydes is 1. The first-order valence-electron chi connectivity index (χ1n) is 5.65. The zero-order valence-electron chi connectivity index (χ0n) is 9.30. The van der Waals surface area contributed by atoms with Crippen molar-refractivity contribution in [2.75, 3.05) is 0 Å². The van der Waals surface area contributed by atoms with Crippen LogP contribution >= 0.6 is 11.8 Å². The summed E-state index contributed by atoms with van der Waals surface area (Å²) in [5.74, 6) is 0.828. The molecule has 0 saturated carbocycles. The molecule has 0 amide bonds. The number of carbonyl (C=O) groups excluding carboxylic acids is 1. The smallest absolute Gasteiger partial charge is 0.131 e. The van der Waals surface area contributed by atoms with E-state index in [1.807, 2.05) is 36.0 Å². The number of benzene rings is 2. The van der Waals surface area contributed by atoms with Crippen molar-refractivity contribution in [3.05, 3.63) is 65.2 Å². The lowest BCUT2D eigenvalue weighted by Gasteiger charge is -2.13. The quantitative estimate of drug-likeness (QED) is 0.708. The molecule has 0 bridgehead atoms. The first kappa shape index (κ1) is 10.6. The maximum absolute atomic E-state index is 11.4. The van der Waals surface area contributed by atoms with Crippen LogP contribution in [-0.4, -0.2) is 6.29 Å². The number of fused-ring (bicyclic) bond motifs is 2. The van der Waals surface area contributed by atoms with Crippen molar-refractivity contribution < 1.29 is 4.79 Å². The molecule has 0 fully saturated rings. The van der Waals surface area contributed by atoms with Gasteiger partial charge in [-0.25, -0.2) is 0 Å². The molecule has 0 aliphatic carbocycles. The van der Waals surface area contributed by atoms with E-state index < -0.39 is 0 Å². The third-order valence-electron chi connectivity index (χ3n) is 3.16. The lowest BCUT2D eigenvalue weighted by Crippen LogP contribution is -2.04. The van der Waals surface area contributed by atoms with Crippen molar-refractivity contribution >= 4 is 18.0 Å². The zero-order chi connectivity index (χ0) is 11.7. The van der Waals surface area contributed by atoms with Gasteiger partial charge in [-0.15, -0.1) is 11.8 Å². The predicted molar refractivity (Wildman–Crippen MR) is 70.4 cm³/mol. The highest BCUT2D eigenvalue weighted by molar-refractivity contribution is 7.98. The highest BCUT2D eigenvalue weighted by Crippen LogP contribution is 2.39. The Labute approximate surface area is 105 Å². The maximum atomic E-state index is 11.4. The van der Waals surface area contributed by atoms with E-state index in [4.69, 9.17) is 0 Å². The second-order valence-corrected chi connectivity index (χ2v) is 5.16. The van der Waals surface area contributed by atoms with Gasteiger partial charge in [0.1, 0.15) is 6.29 Å². The van der Waals surface area contributed by atoms with Gasteiger partial charge in [0.25, 0.3) is 0 Å². The van der Waals surface area contributed by atoms with Crippen molar-refractivity contribution in [3.8, 4) is 0 Å². The lowest BCUT2D eigenvalue weighted by molar-refractivity contribution is -0.108. The Morgan fingerprint density at radius 1 is 1.00 bits per heavy atom. The number of hydrogen-bond donors (Lipinski definition) is 0. The van der Waals surface area contributed by atoms with Crippen LogP contribution in [0, 0.1) is 0 Å². The van der Waals surface area contributed by atoms with Gasteiger partial charge in [0.2, 0.25) is 0 Å². The molecular formula is C15H12OS. The minimum Gasteiger partial charge on any atom is -0.302 e. The number of hydrogen-bond acceptors (Lipinski definition) is 2. The summed E-state index contributed by atoms with van der Waals surface area (Å²) in [5.41, 5.74) is 3.56. The van der Waals surface area contributed by atoms with E-state index in [1.54, 1.807) is 0 Å². The predicted octanol–water partition coefficient (Wildman–Crippen LogP) is 3.62. The molecule has 1 aliphatic heterocycles. The summed E-state index contributed by atoms with van der Waals surface area (Å²) in [5, 5.41) is 0. The largest absolute Gasteiger partial charge is 0.302 e. The van der Waals surface area contributed by atoms with Crippen LogP contribution in [-0.2, 0) is 10.5 Å². The molecule has 0 saturated heterocycles. The highest BCUT2D eigenvalue weighted by Gasteiger charge is 2.22. The van der Waals surface area contributed by atoms with E-state index in [0.29, 0.717) is 0 Å². The summed E-state index contributed by atoms with van der Waals surface area (Å²) in [6.07, 6.45) is 1.06. The maximum Gasteiger partial charge on any atom is 0.131 e. The Balaban J connectivity index is 2.22. The van der Waals surface area contributed by atoms with Crippen LogP contribution in [0.4, 0.5) is 0 Å². The van der Waals surface area contributed by atoms with E-state index in [9.17, 15) is 4.79 Å². The van der Waals surface area contributed by atoms with E-state index in [-0.39, 0.29) is 5.92 Å². The number of rotatable bonds is 1. The second kappa shape index (κ2) is 4.38. The molecule has 3 rings (SSSR count). The molecule has 0 N–H and O–H groups in total. The second-order valence-electron chi connectivity index (χ2n) is 4.14. The highest BCUT2D eigenvalue weighted by atomic mass is 32.2. The first-order chi connectivity index (χ1) is 8.40. The molecule has 1 unspecified atom stereocenters. The number of thioether (sulfide) groups is 1. The third kappa shape index (κ3) is 1.79. The molecule has 0 aromatic heterocycles. The Morgan fingerprint density at radius 3 is 2.53 bits per heavy atom. The van der Waals surface area contributed by atoms with E-state index >= 15 is 0 Å². The van der Waals surface area contributed by atoms with Crippen LogP contribution in [0.3, 0.4) is 0 Å². The molecule has 0 spiro atoms. The van der Waals surface area contributed by atoms with Gasteiger partial charge in [-0.05, 0) is 22.8 Å². The van der Waals surface area contributed by atoms with Crippen molar-refractivity contribution in [2.45, 2.75) is 16.6 Å². The SMILES string of the molecule is O=CC1c2ccccc2CSc2ccccc21. The lowest BCUT2D eigenvalue weighted by atomic mass is 9.90. The topological polar surface area (TPSA) is 17.1 Å². The number of carbonyl (C=O) groups is 1. The summed E-state index contributed by atoms with van der Waals surface area (Å²) in [6.45, 7) is 0. The average molecular weight is 240 g/mol. The van der Waals surface area contributed by atoms with Crippen LogP contribution in [0.1, 0.15) is 22.6 Å². The van der Waals surface area contributed by atoms with Crippen molar-refractivity contribution in [3.63, 3.8) is 0 Å². The fourth-order valence-corrected chi connectivity index (χ4v) is 3.42. The van der Waals surface area contributed by atoms with Crippen LogP contribution in [0.2, 0.25) is 0 Å². The molecule has 1 nitrogen and oxygen atoms in total. The van der Waals surface area contributed by atoms with Gasteiger partial charge in [0.05, 0.1) is 5.92 Å². The van der Waals surface area contributed by atoms with E-state index in [1.165, 1.54) is 10.5 Å². The van der Waals surface area contributed by atoms with Crippen LogP contribution in [0.15, 0.2) is 53.4 Å². The molecule has 2 aromatic carbocycles. The van der Waals surface area contributed by atoms with E-state index in [2.05, 4.69) is 24.3 Å². The Kier molecular flexibility index (Phi) is 2.73. The van der Waals surface area contributed by atoms with Crippen LogP contribution < -0.4 is 0 Å². The fraction of sp³-hybridized carbons (Fsp3) is 0.133. The molecule has 0 radical (unpaired) electrons. The molecule has 1 heterocycles. The van der Waals surface area contributed by atoms with Gasteiger partial charge < -0.3 is 4.79 Å². The molecule has 17 heavy (non-hydrogen) atoms. The molecule has 2 aromatic rings. The van der Waals surface area contributed by atoms with Gasteiger partial charge in [-0.3, -0.25) is 0 Å². The minimum absolute atomic E-state index is 0.114. The van der Waals surface area contributed by atoms with Gasteiger partial charge >= 0.3 is 0 Å². The Morgan fingerprint density at radius 2 is 1.71 bits per heavy atom. The van der Waals surface area contributed by atoms with Crippen LogP contribution in [0.25, 0.3) is 0 Å². The molecular weight excluding hydrogens is 228 g/mol. The van der Waals surface area contributed by atoms with Gasteiger partial charge in [0.15, 0.2) is 0 Å². The molecule has 1 aliphatic rings. The Hall–Kier alpha value is -1.54. The van der Waals surface area contributed by atoms with Crippen molar-refractivity contribution in [2.24, 2.45) is 0 Å². The fourth-order valence-electron chi connectivity index (χ4n) is 2.31. The molecule has 2 heteroatoms. The van der Waals surface area contributed by atoms with Gasteiger partial charge in [-0.2, -0.15) is 0 Å².